The zero-order chi connectivity index (χ0) is 17.2. The van der Waals surface area contributed by atoms with Crippen LogP contribution in [0.15, 0.2) is 0 Å². The topological polar surface area (TPSA) is 38.8 Å². The van der Waals surface area contributed by atoms with Crippen LogP contribution in [-0.2, 0) is 0 Å². The Balaban J connectivity index is 2.09. The van der Waals surface area contributed by atoms with E-state index >= 15 is 0 Å². The van der Waals surface area contributed by atoms with Gasteiger partial charge in [-0.2, -0.15) is 0 Å². The summed E-state index contributed by atoms with van der Waals surface area (Å²) >= 11 is 1.52. The minimum absolute atomic E-state index is 0.525. The van der Waals surface area contributed by atoms with E-state index in [4.69, 9.17) is 9.47 Å². The Labute approximate surface area is 150 Å². The number of aldehydes is 1. The van der Waals surface area contributed by atoms with E-state index in [0.29, 0.717) is 23.8 Å². The largest absolute Gasteiger partial charge is 0.484 e. The highest BCUT2D eigenvalue weighted by molar-refractivity contribution is 7.18. The van der Waals surface area contributed by atoms with Crippen molar-refractivity contribution in [1.29, 1.82) is 0 Å². The number of carbonyl (C=O) groups is 1. The molecule has 2 rings (SSSR count). The van der Waals surface area contributed by atoms with Crippen LogP contribution in [0.5, 0.6) is 11.5 Å². The number of nitrogens with zero attached hydrogens (tertiary/aromatic N) is 1. The molecule has 0 aromatic carbocycles. The first kappa shape index (κ1) is 19.1. The maximum atomic E-state index is 11.4. The Bertz CT molecular complexity index is 489. The summed E-state index contributed by atoms with van der Waals surface area (Å²) in [5.41, 5.74) is 0. The molecule has 0 unspecified atom stereocenters. The van der Waals surface area contributed by atoms with Crippen molar-refractivity contribution in [1.82, 2.24) is 0 Å². The number of carbonyl (C=O) groups excluding carboxylic acids is 1. The average molecular weight is 354 g/mol. The Morgan fingerprint density at radius 2 is 1.50 bits per heavy atom. The van der Waals surface area contributed by atoms with Crippen molar-refractivity contribution in [2.75, 3.05) is 31.2 Å². The van der Waals surface area contributed by atoms with E-state index < -0.39 is 0 Å². The van der Waals surface area contributed by atoms with Crippen molar-refractivity contribution in [2.24, 2.45) is 0 Å². The third kappa shape index (κ3) is 5.13. The second-order valence-corrected chi connectivity index (χ2v) is 7.38. The Morgan fingerprint density at radius 1 is 0.917 bits per heavy atom. The van der Waals surface area contributed by atoms with Gasteiger partial charge in [0.1, 0.15) is 23.1 Å². The lowest BCUT2D eigenvalue weighted by Crippen LogP contribution is -2.26. The van der Waals surface area contributed by atoms with E-state index in [1.54, 1.807) is 0 Å². The van der Waals surface area contributed by atoms with Gasteiger partial charge in [0, 0.05) is 13.1 Å². The van der Waals surface area contributed by atoms with Gasteiger partial charge < -0.3 is 14.4 Å². The molecule has 0 saturated carbocycles. The van der Waals surface area contributed by atoms with Crippen molar-refractivity contribution < 1.29 is 14.3 Å². The van der Waals surface area contributed by atoms with Gasteiger partial charge in [0.15, 0.2) is 17.8 Å². The first-order valence-corrected chi connectivity index (χ1v) is 10.3. The molecule has 24 heavy (non-hydrogen) atoms. The molecule has 0 N–H and O–H groups in total. The SMILES string of the molecule is CCCCCCN(CCCCCC)c1sc(C=O)c2c1OCCO2. The normalized spacial score (nSPS) is 13.1. The van der Waals surface area contributed by atoms with E-state index in [0.717, 1.165) is 30.1 Å². The second-order valence-electron chi connectivity index (χ2n) is 6.35. The van der Waals surface area contributed by atoms with Gasteiger partial charge in [0.25, 0.3) is 0 Å². The molecule has 0 amide bonds. The number of unbranched alkanes of at least 4 members (excludes halogenated alkanes) is 6. The molecule has 0 saturated heterocycles. The van der Waals surface area contributed by atoms with Gasteiger partial charge in [-0.25, -0.2) is 0 Å². The van der Waals surface area contributed by atoms with E-state index in [-0.39, 0.29) is 0 Å². The zero-order valence-electron chi connectivity index (χ0n) is 15.1. The predicted octanol–water partition coefficient (Wildman–Crippen LogP) is 5.30. The maximum absolute atomic E-state index is 11.4. The summed E-state index contributed by atoms with van der Waals surface area (Å²) in [6.45, 7) is 7.62. The summed E-state index contributed by atoms with van der Waals surface area (Å²) in [4.78, 5) is 14.4. The molecule has 0 bridgehead atoms. The monoisotopic (exact) mass is 353 g/mol. The fourth-order valence-corrected chi connectivity index (χ4v) is 4.07. The quantitative estimate of drug-likeness (QED) is 0.377. The third-order valence-electron chi connectivity index (χ3n) is 4.36. The molecule has 0 radical (unpaired) electrons. The molecule has 136 valence electrons. The minimum Gasteiger partial charge on any atom is -0.484 e. The fraction of sp³-hybridized carbons (Fsp3) is 0.737. The zero-order valence-corrected chi connectivity index (χ0v) is 16.0. The standard InChI is InChI=1S/C19H31NO3S/c1-3-5-7-9-11-20(12-10-8-6-4-2)19-18-17(16(15-21)24-19)22-13-14-23-18/h15H,3-14H2,1-2H3. The molecular weight excluding hydrogens is 322 g/mol. The summed E-state index contributed by atoms with van der Waals surface area (Å²) in [5, 5.41) is 1.08. The van der Waals surface area contributed by atoms with Crippen LogP contribution >= 0.6 is 11.3 Å². The molecule has 1 aromatic heterocycles. The summed E-state index contributed by atoms with van der Waals surface area (Å²) in [7, 11) is 0. The smallest absolute Gasteiger partial charge is 0.196 e. The highest BCUT2D eigenvalue weighted by atomic mass is 32.1. The van der Waals surface area contributed by atoms with E-state index in [9.17, 15) is 4.79 Å². The van der Waals surface area contributed by atoms with Crippen LogP contribution in [0.3, 0.4) is 0 Å². The highest BCUT2D eigenvalue weighted by Gasteiger charge is 2.27. The summed E-state index contributed by atoms with van der Waals surface area (Å²) in [6, 6.07) is 0. The van der Waals surface area contributed by atoms with Crippen LogP contribution in [0.25, 0.3) is 0 Å². The van der Waals surface area contributed by atoms with E-state index in [1.807, 2.05) is 0 Å². The number of hydrogen-bond donors (Lipinski definition) is 0. The number of thiophene rings is 1. The minimum atomic E-state index is 0.525. The van der Waals surface area contributed by atoms with Gasteiger partial charge in [-0.1, -0.05) is 52.4 Å². The summed E-state index contributed by atoms with van der Waals surface area (Å²) in [6.07, 6.45) is 10.8. The van der Waals surface area contributed by atoms with E-state index in [2.05, 4.69) is 18.7 Å². The van der Waals surface area contributed by atoms with Gasteiger partial charge in [-0.3, -0.25) is 4.79 Å². The van der Waals surface area contributed by atoms with Crippen LogP contribution in [0, 0.1) is 0 Å². The van der Waals surface area contributed by atoms with Crippen LogP contribution in [0.1, 0.15) is 74.9 Å². The predicted molar refractivity (Wildman–Crippen MR) is 101 cm³/mol. The average Bonchev–Trinajstić information content (AvgIpc) is 2.99. The molecule has 4 nitrogen and oxygen atoms in total. The lowest BCUT2D eigenvalue weighted by molar-refractivity contribution is 0.111. The first-order valence-electron chi connectivity index (χ1n) is 9.44. The third-order valence-corrected chi connectivity index (χ3v) is 5.50. The lowest BCUT2D eigenvalue weighted by Gasteiger charge is -2.26. The fourth-order valence-electron chi connectivity index (χ4n) is 3.02. The number of anilines is 1. The molecule has 2 heterocycles. The molecule has 0 spiro atoms. The summed E-state index contributed by atoms with van der Waals surface area (Å²) in [5.74, 6) is 1.45. The number of hydrogen-bond acceptors (Lipinski definition) is 5. The van der Waals surface area contributed by atoms with Crippen molar-refractivity contribution >= 4 is 22.6 Å². The molecule has 5 heteroatoms. The Hall–Kier alpha value is -1.23. The number of rotatable bonds is 12. The van der Waals surface area contributed by atoms with Crippen LogP contribution in [0.2, 0.25) is 0 Å². The molecule has 0 atom stereocenters. The van der Waals surface area contributed by atoms with Gasteiger partial charge in [-0.05, 0) is 12.8 Å². The Kier molecular flexibility index (Phi) is 8.43. The maximum Gasteiger partial charge on any atom is 0.196 e. The molecule has 0 fully saturated rings. The van der Waals surface area contributed by atoms with Crippen LogP contribution in [-0.4, -0.2) is 32.6 Å². The molecule has 1 aliphatic heterocycles. The van der Waals surface area contributed by atoms with Crippen molar-refractivity contribution in [3.8, 4) is 11.5 Å². The van der Waals surface area contributed by atoms with Crippen LogP contribution in [0.4, 0.5) is 5.00 Å². The number of fused-ring (bicyclic) bond motifs is 1. The van der Waals surface area contributed by atoms with Crippen molar-refractivity contribution in [2.45, 2.75) is 65.2 Å². The second kappa shape index (κ2) is 10.6. The van der Waals surface area contributed by atoms with Gasteiger partial charge >= 0.3 is 0 Å². The Morgan fingerprint density at radius 3 is 2.04 bits per heavy atom. The molecule has 1 aliphatic rings. The van der Waals surface area contributed by atoms with Crippen molar-refractivity contribution in [3.05, 3.63) is 4.88 Å². The van der Waals surface area contributed by atoms with Gasteiger partial charge in [0.05, 0.1) is 0 Å². The lowest BCUT2D eigenvalue weighted by atomic mass is 10.1. The molecular formula is C19H31NO3S. The number of ether oxygens (including phenoxy) is 2. The van der Waals surface area contributed by atoms with E-state index in [1.165, 1.54) is 62.7 Å². The highest BCUT2D eigenvalue weighted by Crippen LogP contribution is 2.49. The molecule has 0 aliphatic carbocycles. The van der Waals surface area contributed by atoms with Gasteiger partial charge in [-0.15, -0.1) is 11.3 Å². The summed E-state index contributed by atoms with van der Waals surface area (Å²) < 4.78 is 11.5. The van der Waals surface area contributed by atoms with Crippen molar-refractivity contribution in [3.63, 3.8) is 0 Å². The van der Waals surface area contributed by atoms with Gasteiger partial charge in [0.2, 0.25) is 0 Å². The van der Waals surface area contributed by atoms with Crippen LogP contribution < -0.4 is 14.4 Å². The first-order chi connectivity index (χ1) is 11.8. The molecule has 1 aromatic rings.